The first-order valence-corrected chi connectivity index (χ1v) is 8.03. The molecule has 2 saturated heterocycles. The number of hydrogen-bond donors (Lipinski definition) is 1. The third-order valence-corrected chi connectivity index (χ3v) is 5.34. The van der Waals surface area contributed by atoms with Gasteiger partial charge in [0, 0.05) is 23.6 Å². The van der Waals surface area contributed by atoms with E-state index in [4.69, 9.17) is 4.74 Å². The van der Waals surface area contributed by atoms with Gasteiger partial charge in [-0.05, 0) is 26.2 Å². The number of amides is 1. The lowest BCUT2D eigenvalue weighted by Gasteiger charge is -2.49. The number of nitrogens with zero attached hydrogens (tertiary/aromatic N) is 2. The van der Waals surface area contributed by atoms with Crippen molar-refractivity contribution in [3.63, 3.8) is 0 Å². The first kappa shape index (κ1) is 14.0. The molecular weight excluding hydrogens is 274 g/mol. The standard InChI is InChI=1S/C14H21N3O2S/c1-3-11-10(2)20-13(15-11)16-12(18)8-17-6-4-14(17)5-7-19-9-14/h3-9H2,1-2H3,(H,15,16,18). The highest BCUT2D eigenvalue weighted by atomic mass is 32.1. The molecule has 1 unspecified atom stereocenters. The van der Waals surface area contributed by atoms with Crippen LogP contribution in [0.1, 0.15) is 30.3 Å². The number of thiazole rings is 1. The molecule has 2 fully saturated rings. The van der Waals surface area contributed by atoms with Gasteiger partial charge in [-0.2, -0.15) is 0 Å². The SMILES string of the molecule is CCc1nc(NC(=O)CN2CCC23CCOC3)sc1C. The van der Waals surface area contributed by atoms with E-state index in [1.54, 1.807) is 11.3 Å². The van der Waals surface area contributed by atoms with Crippen LogP contribution in [0.2, 0.25) is 0 Å². The van der Waals surface area contributed by atoms with E-state index >= 15 is 0 Å². The Hall–Kier alpha value is -0.980. The zero-order valence-corrected chi connectivity index (χ0v) is 12.9. The number of nitrogens with one attached hydrogen (secondary N) is 1. The molecule has 0 aromatic carbocycles. The van der Waals surface area contributed by atoms with Gasteiger partial charge in [-0.3, -0.25) is 9.69 Å². The zero-order chi connectivity index (χ0) is 14.2. The lowest BCUT2D eigenvalue weighted by molar-refractivity contribution is -0.122. The van der Waals surface area contributed by atoms with Crippen molar-refractivity contribution in [2.45, 2.75) is 38.6 Å². The van der Waals surface area contributed by atoms with Gasteiger partial charge in [-0.15, -0.1) is 11.3 Å². The lowest BCUT2D eigenvalue weighted by atomic mass is 9.84. The summed E-state index contributed by atoms with van der Waals surface area (Å²) in [5.41, 5.74) is 1.22. The molecular formula is C14H21N3O2S. The van der Waals surface area contributed by atoms with Crippen molar-refractivity contribution in [3.8, 4) is 0 Å². The molecule has 1 aromatic rings. The van der Waals surface area contributed by atoms with Crippen LogP contribution in [-0.4, -0.2) is 47.6 Å². The summed E-state index contributed by atoms with van der Waals surface area (Å²) in [6, 6.07) is 0. The van der Waals surface area contributed by atoms with Crippen molar-refractivity contribution in [1.29, 1.82) is 0 Å². The predicted octanol–water partition coefficient (Wildman–Crippen LogP) is 1.82. The van der Waals surface area contributed by atoms with Crippen LogP contribution in [0.4, 0.5) is 5.13 Å². The molecule has 6 heteroatoms. The molecule has 1 aromatic heterocycles. The molecule has 0 saturated carbocycles. The third kappa shape index (κ3) is 2.47. The molecule has 1 spiro atoms. The summed E-state index contributed by atoms with van der Waals surface area (Å²) in [7, 11) is 0. The number of carbonyl (C=O) groups excluding carboxylic acids is 1. The van der Waals surface area contributed by atoms with Crippen molar-refractivity contribution in [1.82, 2.24) is 9.88 Å². The van der Waals surface area contributed by atoms with E-state index in [9.17, 15) is 4.79 Å². The molecule has 0 radical (unpaired) electrons. The third-order valence-electron chi connectivity index (χ3n) is 4.41. The second-order valence-corrected chi connectivity index (χ2v) is 6.83. The van der Waals surface area contributed by atoms with E-state index in [1.165, 1.54) is 4.88 Å². The highest BCUT2D eigenvalue weighted by molar-refractivity contribution is 7.15. The van der Waals surface area contributed by atoms with Crippen LogP contribution in [0, 0.1) is 6.92 Å². The fourth-order valence-corrected chi connectivity index (χ4v) is 3.94. The van der Waals surface area contributed by atoms with Gasteiger partial charge in [0.1, 0.15) is 0 Å². The van der Waals surface area contributed by atoms with Gasteiger partial charge in [0.2, 0.25) is 5.91 Å². The summed E-state index contributed by atoms with van der Waals surface area (Å²) < 4.78 is 5.48. The minimum Gasteiger partial charge on any atom is -0.379 e. The fourth-order valence-electron chi connectivity index (χ4n) is 3.02. The highest BCUT2D eigenvalue weighted by Crippen LogP contribution is 2.37. The van der Waals surface area contributed by atoms with E-state index in [0.717, 1.165) is 49.8 Å². The molecule has 1 N–H and O–H groups in total. The Morgan fingerprint density at radius 2 is 2.40 bits per heavy atom. The predicted molar refractivity (Wildman–Crippen MR) is 79.2 cm³/mol. The lowest BCUT2D eigenvalue weighted by Crippen LogP contribution is -2.62. The van der Waals surface area contributed by atoms with Gasteiger partial charge in [-0.1, -0.05) is 6.92 Å². The molecule has 2 aliphatic rings. The number of aryl methyl sites for hydroxylation is 2. The zero-order valence-electron chi connectivity index (χ0n) is 12.1. The molecule has 1 amide bonds. The molecule has 3 rings (SSSR count). The Balaban J connectivity index is 1.57. The Bertz CT molecular complexity index is 509. The van der Waals surface area contributed by atoms with Crippen molar-refractivity contribution >= 4 is 22.4 Å². The van der Waals surface area contributed by atoms with Gasteiger partial charge in [-0.25, -0.2) is 4.98 Å². The first-order chi connectivity index (χ1) is 9.63. The van der Waals surface area contributed by atoms with Crippen LogP contribution in [0.5, 0.6) is 0 Å². The summed E-state index contributed by atoms with van der Waals surface area (Å²) in [6.07, 6.45) is 3.11. The molecule has 1 atom stereocenters. The van der Waals surface area contributed by atoms with E-state index in [-0.39, 0.29) is 11.4 Å². The molecule has 5 nitrogen and oxygen atoms in total. The maximum Gasteiger partial charge on any atom is 0.240 e. The van der Waals surface area contributed by atoms with E-state index in [1.807, 2.05) is 6.92 Å². The largest absolute Gasteiger partial charge is 0.379 e. The summed E-state index contributed by atoms with van der Waals surface area (Å²) in [4.78, 5) is 20.0. The summed E-state index contributed by atoms with van der Waals surface area (Å²) in [6.45, 7) is 7.17. The number of ether oxygens (including phenoxy) is 1. The number of aromatic nitrogens is 1. The summed E-state index contributed by atoms with van der Waals surface area (Å²) in [5, 5.41) is 3.65. The topological polar surface area (TPSA) is 54.5 Å². The van der Waals surface area contributed by atoms with Crippen molar-refractivity contribution in [2.75, 3.05) is 31.6 Å². The Morgan fingerprint density at radius 3 is 2.95 bits per heavy atom. The van der Waals surface area contributed by atoms with Crippen LogP contribution in [0.25, 0.3) is 0 Å². The highest BCUT2D eigenvalue weighted by Gasteiger charge is 2.47. The summed E-state index contributed by atoms with van der Waals surface area (Å²) >= 11 is 1.56. The molecule has 2 aliphatic heterocycles. The molecule has 20 heavy (non-hydrogen) atoms. The molecule has 0 aliphatic carbocycles. The van der Waals surface area contributed by atoms with Crippen molar-refractivity contribution in [2.24, 2.45) is 0 Å². The van der Waals surface area contributed by atoms with Crippen LogP contribution >= 0.6 is 11.3 Å². The van der Waals surface area contributed by atoms with Crippen LogP contribution in [0.3, 0.4) is 0 Å². The van der Waals surface area contributed by atoms with Gasteiger partial charge in [0.15, 0.2) is 5.13 Å². The van der Waals surface area contributed by atoms with E-state index < -0.39 is 0 Å². The second kappa shape index (κ2) is 5.42. The number of hydrogen-bond acceptors (Lipinski definition) is 5. The molecule has 110 valence electrons. The molecule has 3 heterocycles. The monoisotopic (exact) mass is 295 g/mol. The summed E-state index contributed by atoms with van der Waals surface area (Å²) in [5.74, 6) is 0.0346. The Morgan fingerprint density at radius 1 is 1.55 bits per heavy atom. The average Bonchev–Trinajstić information content (AvgIpc) is 3.03. The van der Waals surface area contributed by atoms with Crippen LogP contribution in [0.15, 0.2) is 0 Å². The van der Waals surface area contributed by atoms with E-state index in [2.05, 4.69) is 22.1 Å². The average molecular weight is 295 g/mol. The minimum atomic E-state index is 0.0346. The maximum absolute atomic E-state index is 12.1. The first-order valence-electron chi connectivity index (χ1n) is 7.22. The van der Waals surface area contributed by atoms with Gasteiger partial charge >= 0.3 is 0 Å². The van der Waals surface area contributed by atoms with Crippen LogP contribution < -0.4 is 5.32 Å². The quantitative estimate of drug-likeness (QED) is 0.920. The van der Waals surface area contributed by atoms with E-state index in [0.29, 0.717) is 6.54 Å². The van der Waals surface area contributed by atoms with Gasteiger partial charge < -0.3 is 10.1 Å². The Labute approximate surface area is 123 Å². The number of rotatable bonds is 4. The second-order valence-electron chi connectivity index (χ2n) is 5.62. The van der Waals surface area contributed by atoms with Crippen LogP contribution in [-0.2, 0) is 16.0 Å². The number of anilines is 1. The van der Waals surface area contributed by atoms with Gasteiger partial charge in [0.25, 0.3) is 0 Å². The minimum absolute atomic E-state index is 0.0346. The van der Waals surface area contributed by atoms with Crippen molar-refractivity contribution in [3.05, 3.63) is 10.6 Å². The number of likely N-dealkylation sites (tertiary alicyclic amines) is 1. The molecule has 0 bridgehead atoms. The smallest absolute Gasteiger partial charge is 0.240 e. The van der Waals surface area contributed by atoms with Crippen molar-refractivity contribution < 1.29 is 9.53 Å². The number of carbonyl (C=O) groups is 1. The Kier molecular flexibility index (Phi) is 3.79. The fraction of sp³-hybridized carbons (Fsp3) is 0.714. The van der Waals surface area contributed by atoms with Gasteiger partial charge in [0.05, 0.1) is 18.8 Å². The normalized spacial score (nSPS) is 25.9. The maximum atomic E-state index is 12.1.